The number of hydrogen-bond donors (Lipinski definition) is 1. The average molecular weight is 248 g/mol. The maximum atomic E-state index is 11.4. The Balaban J connectivity index is 1.82. The highest BCUT2D eigenvalue weighted by atomic mass is 32.1. The zero-order valence-corrected chi connectivity index (χ0v) is 10.2. The Hall–Kier alpha value is -1.88. The summed E-state index contributed by atoms with van der Waals surface area (Å²) in [6.07, 6.45) is 2.90. The molecule has 1 N–H and O–H groups in total. The lowest BCUT2D eigenvalue weighted by atomic mass is 10.3. The third kappa shape index (κ3) is 3.57. The van der Waals surface area contributed by atoms with Crippen molar-refractivity contribution in [2.75, 3.05) is 5.32 Å². The average Bonchev–Trinajstić information content (AvgIpc) is 2.73. The lowest BCUT2D eigenvalue weighted by molar-refractivity contribution is 0.155. The molecule has 2 aromatic heterocycles. The van der Waals surface area contributed by atoms with Gasteiger partial charge in [-0.25, -0.2) is 4.79 Å². The molecule has 0 atom stereocenters. The van der Waals surface area contributed by atoms with Gasteiger partial charge in [0.1, 0.15) is 6.61 Å². The minimum atomic E-state index is -0.448. The highest BCUT2D eigenvalue weighted by molar-refractivity contribution is 7.14. The number of carbonyl (C=O) groups excluding carboxylic acids is 1. The molecule has 0 radical (unpaired) electrons. The minimum absolute atomic E-state index is 0.226. The monoisotopic (exact) mass is 248 g/mol. The van der Waals surface area contributed by atoms with Crippen LogP contribution in [0.4, 0.5) is 9.80 Å². The first-order valence-electron chi connectivity index (χ1n) is 5.12. The number of anilines is 1. The fourth-order valence-corrected chi connectivity index (χ4v) is 2.04. The summed E-state index contributed by atoms with van der Waals surface area (Å²) in [4.78, 5) is 15.4. The van der Waals surface area contributed by atoms with E-state index in [2.05, 4.69) is 10.3 Å². The van der Waals surface area contributed by atoms with Crippen LogP contribution in [0.3, 0.4) is 0 Å². The van der Waals surface area contributed by atoms with Gasteiger partial charge in [0.05, 0.1) is 5.00 Å². The van der Waals surface area contributed by atoms with Crippen LogP contribution < -0.4 is 5.32 Å². The van der Waals surface area contributed by atoms with Crippen LogP contribution in [0, 0.1) is 6.92 Å². The Kier molecular flexibility index (Phi) is 3.72. The number of rotatable bonds is 3. The second-order valence-corrected chi connectivity index (χ2v) is 4.46. The molecular weight excluding hydrogens is 236 g/mol. The topological polar surface area (TPSA) is 51.2 Å². The number of pyridine rings is 1. The van der Waals surface area contributed by atoms with Gasteiger partial charge in [0, 0.05) is 18.0 Å². The van der Waals surface area contributed by atoms with E-state index in [1.54, 1.807) is 18.5 Å². The van der Waals surface area contributed by atoms with Crippen molar-refractivity contribution in [1.29, 1.82) is 0 Å². The number of hydrogen-bond acceptors (Lipinski definition) is 4. The van der Waals surface area contributed by atoms with Crippen LogP contribution >= 0.6 is 11.3 Å². The quantitative estimate of drug-likeness (QED) is 0.907. The van der Waals surface area contributed by atoms with Gasteiger partial charge in [-0.1, -0.05) is 6.07 Å². The molecule has 1 amide bonds. The van der Waals surface area contributed by atoms with Gasteiger partial charge < -0.3 is 4.74 Å². The lowest BCUT2D eigenvalue weighted by Gasteiger charge is -2.04. The SMILES string of the molecule is Cc1csc(NC(=O)OCc2cccnc2)c1. The van der Waals surface area contributed by atoms with Gasteiger partial charge in [0.15, 0.2) is 0 Å². The highest BCUT2D eigenvalue weighted by Gasteiger charge is 2.04. The van der Waals surface area contributed by atoms with Crippen molar-refractivity contribution in [2.24, 2.45) is 0 Å². The molecule has 0 aliphatic rings. The summed E-state index contributed by atoms with van der Waals surface area (Å²) >= 11 is 1.48. The smallest absolute Gasteiger partial charge is 0.412 e. The first-order chi connectivity index (χ1) is 8.24. The molecule has 17 heavy (non-hydrogen) atoms. The van der Waals surface area contributed by atoms with Gasteiger partial charge in [-0.2, -0.15) is 0 Å². The third-order valence-corrected chi connectivity index (χ3v) is 3.01. The fraction of sp³-hybridized carbons (Fsp3) is 0.167. The number of aryl methyl sites for hydroxylation is 1. The summed E-state index contributed by atoms with van der Waals surface area (Å²) < 4.78 is 5.06. The number of carbonyl (C=O) groups is 1. The van der Waals surface area contributed by atoms with Crippen molar-refractivity contribution in [3.05, 3.63) is 47.1 Å². The zero-order valence-electron chi connectivity index (χ0n) is 9.34. The molecule has 0 saturated carbocycles. The molecule has 5 heteroatoms. The van der Waals surface area contributed by atoms with Crippen LogP contribution in [0.15, 0.2) is 36.0 Å². The Labute approximate surface area is 103 Å². The van der Waals surface area contributed by atoms with Crippen molar-refractivity contribution in [3.8, 4) is 0 Å². The van der Waals surface area contributed by atoms with E-state index < -0.39 is 6.09 Å². The molecule has 0 aliphatic heterocycles. The number of thiophene rings is 1. The van der Waals surface area contributed by atoms with E-state index in [1.807, 2.05) is 24.4 Å². The number of aromatic nitrogens is 1. The van der Waals surface area contributed by atoms with Crippen LogP contribution in [0.2, 0.25) is 0 Å². The van der Waals surface area contributed by atoms with Crippen molar-refractivity contribution >= 4 is 22.4 Å². The molecule has 0 saturated heterocycles. The normalized spacial score (nSPS) is 9.94. The zero-order chi connectivity index (χ0) is 12.1. The van der Waals surface area contributed by atoms with Gasteiger partial charge in [-0.05, 0) is 30.0 Å². The number of nitrogens with one attached hydrogen (secondary N) is 1. The first kappa shape index (κ1) is 11.6. The fourth-order valence-electron chi connectivity index (χ4n) is 1.27. The Bertz CT molecular complexity index is 496. The largest absolute Gasteiger partial charge is 0.444 e. The standard InChI is InChI=1S/C12H12N2O2S/c1-9-5-11(17-8-9)14-12(15)16-7-10-3-2-4-13-6-10/h2-6,8H,7H2,1H3,(H,14,15). The third-order valence-electron chi connectivity index (χ3n) is 2.05. The Morgan fingerprint density at radius 2 is 2.47 bits per heavy atom. The second-order valence-electron chi connectivity index (χ2n) is 3.55. The molecule has 2 heterocycles. The van der Waals surface area contributed by atoms with Crippen molar-refractivity contribution in [2.45, 2.75) is 13.5 Å². The van der Waals surface area contributed by atoms with E-state index in [9.17, 15) is 4.79 Å². The van der Waals surface area contributed by atoms with Crippen LogP contribution in [0.1, 0.15) is 11.1 Å². The van der Waals surface area contributed by atoms with E-state index in [4.69, 9.17) is 4.74 Å². The van der Waals surface area contributed by atoms with Crippen LogP contribution in [0.5, 0.6) is 0 Å². The van der Waals surface area contributed by atoms with E-state index >= 15 is 0 Å². The van der Waals surface area contributed by atoms with Crippen LogP contribution in [-0.4, -0.2) is 11.1 Å². The van der Waals surface area contributed by atoms with Gasteiger partial charge >= 0.3 is 6.09 Å². The molecule has 4 nitrogen and oxygen atoms in total. The van der Waals surface area contributed by atoms with Gasteiger partial charge in [0.25, 0.3) is 0 Å². The predicted octanol–water partition coefficient (Wildman–Crippen LogP) is 3.20. The summed E-state index contributed by atoms with van der Waals surface area (Å²) in [6.45, 7) is 2.20. The van der Waals surface area contributed by atoms with Gasteiger partial charge in [-0.15, -0.1) is 11.3 Å². The summed E-state index contributed by atoms with van der Waals surface area (Å²) in [6, 6.07) is 5.56. The molecule has 88 valence electrons. The summed E-state index contributed by atoms with van der Waals surface area (Å²) in [5.74, 6) is 0. The van der Waals surface area contributed by atoms with Gasteiger partial charge in [0.2, 0.25) is 0 Å². The van der Waals surface area contributed by atoms with E-state index in [0.29, 0.717) is 0 Å². The van der Waals surface area contributed by atoms with Crippen molar-refractivity contribution in [3.63, 3.8) is 0 Å². The Morgan fingerprint density at radius 3 is 3.12 bits per heavy atom. The molecular formula is C12H12N2O2S. The number of ether oxygens (including phenoxy) is 1. The molecule has 0 fully saturated rings. The summed E-state index contributed by atoms with van der Waals surface area (Å²) in [5, 5.41) is 5.43. The van der Waals surface area contributed by atoms with Crippen LogP contribution in [-0.2, 0) is 11.3 Å². The molecule has 0 unspecified atom stereocenters. The number of nitrogens with zero attached hydrogens (tertiary/aromatic N) is 1. The molecule has 2 aromatic rings. The van der Waals surface area contributed by atoms with Gasteiger partial charge in [-0.3, -0.25) is 10.3 Å². The lowest BCUT2D eigenvalue weighted by Crippen LogP contribution is -2.12. The Morgan fingerprint density at radius 1 is 1.59 bits per heavy atom. The maximum absolute atomic E-state index is 11.4. The van der Waals surface area contributed by atoms with E-state index in [0.717, 1.165) is 16.1 Å². The predicted molar refractivity (Wildman–Crippen MR) is 67.1 cm³/mol. The highest BCUT2D eigenvalue weighted by Crippen LogP contribution is 2.19. The van der Waals surface area contributed by atoms with E-state index in [1.165, 1.54) is 11.3 Å². The molecule has 0 aliphatic carbocycles. The summed E-state index contributed by atoms with van der Waals surface area (Å²) in [7, 11) is 0. The van der Waals surface area contributed by atoms with Crippen LogP contribution in [0.25, 0.3) is 0 Å². The maximum Gasteiger partial charge on any atom is 0.412 e. The van der Waals surface area contributed by atoms with Crippen molar-refractivity contribution in [1.82, 2.24) is 4.98 Å². The molecule has 2 rings (SSSR count). The molecule has 0 aromatic carbocycles. The summed E-state index contributed by atoms with van der Waals surface area (Å²) in [5.41, 5.74) is 1.99. The number of amides is 1. The van der Waals surface area contributed by atoms with Crippen molar-refractivity contribution < 1.29 is 9.53 Å². The first-order valence-corrected chi connectivity index (χ1v) is 6.00. The minimum Gasteiger partial charge on any atom is -0.444 e. The molecule has 0 spiro atoms. The molecule has 0 bridgehead atoms. The second kappa shape index (κ2) is 5.45. The van der Waals surface area contributed by atoms with E-state index in [-0.39, 0.29) is 6.61 Å².